The first-order valence-electron chi connectivity index (χ1n) is 7.40. The Morgan fingerprint density at radius 3 is 2.67 bits per heavy atom. The second-order valence-corrected chi connectivity index (χ2v) is 8.25. The normalized spacial score (nSPS) is 11.6. The van der Waals surface area contributed by atoms with Gasteiger partial charge in [-0.05, 0) is 31.5 Å². The number of aryl methyl sites for hydroxylation is 3. The summed E-state index contributed by atoms with van der Waals surface area (Å²) in [5.41, 5.74) is 3.13. The van der Waals surface area contributed by atoms with Gasteiger partial charge in [-0.3, -0.25) is 4.72 Å². The van der Waals surface area contributed by atoms with E-state index in [0.29, 0.717) is 29.5 Å². The Bertz CT molecular complexity index is 974. The lowest BCUT2D eigenvalue weighted by Gasteiger charge is -2.09. The minimum absolute atomic E-state index is 0.203. The van der Waals surface area contributed by atoms with Crippen LogP contribution in [0.5, 0.6) is 0 Å². The molecule has 126 valence electrons. The van der Waals surface area contributed by atoms with Gasteiger partial charge in [-0.2, -0.15) is 0 Å². The molecule has 1 N–H and O–H groups in total. The Morgan fingerprint density at radius 2 is 2.00 bits per heavy atom. The number of thiophene rings is 1. The molecule has 0 aliphatic carbocycles. The molecule has 0 aliphatic rings. The number of sulfonamides is 1. The second kappa shape index (κ2) is 6.37. The van der Waals surface area contributed by atoms with Crippen LogP contribution in [0.3, 0.4) is 0 Å². The Hall–Kier alpha value is -2.19. The molecule has 3 aromatic rings. The molecule has 6 nitrogen and oxygen atoms in total. The summed E-state index contributed by atoms with van der Waals surface area (Å²) in [5, 5.41) is 9.53. The maximum absolute atomic E-state index is 12.6. The van der Waals surface area contributed by atoms with E-state index in [0.717, 1.165) is 22.5 Å². The van der Waals surface area contributed by atoms with Gasteiger partial charge in [-0.15, -0.1) is 21.5 Å². The highest BCUT2D eigenvalue weighted by Gasteiger charge is 2.20. The van der Waals surface area contributed by atoms with Crippen LogP contribution in [0.4, 0.5) is 5.69 Å². The van der Waals surface area contributed by atoms with Gasteiger partial charge >= 0.3 is 0 Å². The number of benzene rings is 1. The highest BCUT2D eigenvalue weighted by Crippen LogP contribution is 2.29. The summed E-state index contributed by atoms with van der Waals surface area (Å²) in [7, 11) is -3.66. The van der Waals surface area contributed by atoms with Gasteiger partial charge in [0.15, 0.2) is 0 Å². The topological polar surface area (TPSA) is 85.1 Å². The first kappa shape index (κ1) is 16.7. The molecule has 0 saturated heterocycles. The Balaban J connectivity index is 1.87. The second-order valence-electron chi connectivity index (χ2n) is 5.43. The zero-order chi connectivity index (χ0) is 17.3. The van der Waals surface area contributed by atoms with Crippen molar-refractivity contribution in [3.63, 3.8) is 0 Å². The molecule has 1 aromatic carbocycles. The van der Waals surface area contributed by atoms with E-state index in [2.05, 4.69) is 14.9 Å². The molecule has 0 fully saturated rings. The van der Waals surface area contributed by atoms with Crippen molar-refractivity contribution in [3.8, 4) is 11.5 Å². The monoisotopic (exact) mass is 363 g/mol. The quantitative estimate of drug-likeness (QED) is 0.746. The first-order valence-corrected chi connectivity index (χ1v) is 9.76. The molecule has 0 unspecified atom stereocenters. The average Bonchev–Trinajstić information content (AvgIpc) is 3.18. The molecular formula is C16H17N3O3S2. The third-order valence-corrected chi connectivity index (χ3v) is 6.29. The molecule has 0 spiro atoms. The van der Waals surface area contributed by atoms with Crippen molar-refractivity contribution in [3.05, 3.63) is 46.7 Å². The predicted octanol–water partition coefficient (Wildman–Crippen LogP) is 3.78. The van der Waals surface area contributed by atoms with Gasteiger partial charge in [0.1, 0.15) is 4.21 Å². The lowest BCUT2D eigenvalue weighted by Crippen LogP contribution is -2.12. The molecular weight excluding hydrogens is 346 g/mol. The number of nitrogens with one attached hydrogen (secondary N) is 1. The minimum atomic E-state index is -3.66. The summed E-state index contributed by atoms with van der Waals surface area (Å²) in [6.45, 7) is 5.75. The van der Waals surface area contributed by atoms with Crippen molar-refractivity contribution in [2.45, 2.75) is 31.4 Å². The number of aromatic nitrogens is 2. The van der Waals surface area contributed by atoms with E-state index in [9.17, 15) is 8.42 Å². The van der Waals surface area contributed by atoms with Crippen molar-refractivity contribution >= 4 is 27.0 Å². The zero-order valence-electron chi connectivity index (χ0n) is 13.5. The van der Waals surface area contributed by atoms with E-state index in [1.165, 1.54) is 0 Å². The smallest absolute Gasteiger partial charge is 0.271 e. The maximum Gasteiger partial charge on any atom is 0.271 e. The molecule has 0 atom stereocenters. The van der Waals surface area contributed by atoms with Crippen molar-refractivity contribution in [2.24, 2.45) is 0 Å². The fourth-order valence-corrected chi connectivity index (χ4v) is 4.49. The fraction of sp³-hybridized carbons (Fsp3) is 0.250. The van der Waals surface area contributed by atoms with Gasteiger partial charge in [-0.25, -0.2) is 8.42 Å². The maximum atomic E-state index is 12.6. The Kier molecular flexibility index (Phi) is 4.42. The van der Waals surface area contributed by atoms with Gasteiger partial charge in [0, 0.05) is 11.8 Å². The lowest BCUT2D eigenvalue weighted by atomic mass is 10.1. The van der Waals surface area contributed by atoms with E-state index in [1.807, 2.05) is 32.9 Å². The number of hydrogen-bond donors (Lipinski definition) is 1. The summed E-state index contributed by atoms with van der Waals surface area (Å²) in [5.74, 6) is 0.852. The molecule has 2 heterocycles. The number of rotatable bonds is 5. The van der Waals surface area contributed by atoms with Gasteiger partial charge in [0.05, 0.1) is 11.3 Å². The Labute approximate surface area is 144 Å². The molecule has 0 bridgehead atoms. The molecule has 2 aromatic heterocycles. The van der Waals surface area contributed by atoms with Gasteiger partial charge in [0.2, 0.25) is 11.8 Å². The van der Waals surface area contributed by atoms with Crippen LogP contribution in [-0.4, -0.2) is 18.6 Å². The van der Waals surface area contributed by atoms with Crippen LogP contribution in [0.25, 0.3) is 11.5 Å². The molecule has 8 heteroatoms. The van der Waals surface area contributed by atoms with Crippen LogP contribution in [-0.2, 0) is 16.4 Å². The SMILES string of the molecule is CCc1nnc(-c2csc(S(=O)(=O)Nc3ccc(C)cc3C)c2)o1. The number of nitrogens with zero attached hydrogens (tertiary/aromatic N) is 2. The van der Waals surface area contributed by atoms with Crippen molar-refractivity contribution in [1.82, 2.24) is 10.2 Å². The molecule has 24 heavy (non-hydrogen) atoms. The first-order chi connectivity index (χ1) is 11.4. The summed E-state index contributed by atoms with van der Waals surface area (Å²) in [6.07, 6.45) is 0.635. The van der Waals surface area contributed by atoms with E-state index < -0.39 is 10.0 Å². The summed E-state index contributed by atoms with van der Waals surface area (Å²) >= 11 is 1.12. The van der Waals surface area contributed by atoms with Crippen LogP contribution >= 0.6 is 11.3 Å². The predicted molar refractivity (Wildman–Crippen MR) is 93.7 cm³/mol. The van der Waals surface area contributed by atoms with Gasteiger partial charge < -0.3 is 4.42 Å². The number of anilines is 1. The van der Waals surface area contributed by atoms with Crippen LogP contribution in [0.15, 0.2) is 38.3 Å². The summed E-state index contributed by atoms with van der Waals surface area (Å²) in [6, 6.07) is 7.11. The summed E-state index contributed by atoms with van der Waals surface area (Å²) in [4.78, 5) is 0. The average molecular weight is 363 g/mol. The molecule has 0 amide bonds. The van der Waals surface area contributed by atoms with Gasteiger partial charge in [0.25, 0.3) is 10.0 Å². The molecule has 0 saturated carbocycles. The standard InChI is InChI=1S/C16H17N3O3S2/c1-4-14-17-18-16(22-14)12-8-15(23-9-12)24(20,21)19-13-6-5-10(2)7-11(13)3/h5-9,19H,4H2,1-3H3. The third-order valence-electron chi connectivity index (χ3n) is 3.48. The molecule has 0 radical (unpaired) electrons. The lowest BCUT2D eigenvalue weighted by molar-refractivity contribution is 0.513. The minimum Gasteiger partial charge on any atom is -0.421 e. The highest BCUT2D eigenvalue weighted by molar-refractivity contribution is 7.94. The largest absolute Gasteiger partial charge is 0.421 e. The number of hydrogen-bond acceptors (Lipinski definition) is 6. The van der Waals surface area contributed by atoms with E-state index in [1.54, 1.807) is 17.5 Å². The summed E-state index contributed by atoms with van der Waals surface area (Å²) < 4.78 is 33.4. The van der Waals surface area contributed by atoms with Crippen LogP contribution in [0, 0.1) is 13.8 Å². The molecule has 3 rings (SSSR count). The van der Waals surface area contributed by atoms with Crippen molar-refractivity contribution < 1.29 is 12.8 Å². The van der Waals surface area contributed by atoms with Crippen LogP contribution < -0.4 is 4.72 Å². The van der Waals surface area contributed by atoms with E-state index >= 15 is 0 Å². The van der Waals surface area contributed by atoms with Gasteiger partial charge in [-0.1, -0.05) is 24.6 Å². The fourth-order valence-electron chi connectivity index (χ4n) is 2.21. The van der Waals surface area contributed by atoms with Crippen LogP contribution in [0.2, 0.25) is 0 Å². The third kappa shape index (κ3) is 3.34. The zero-order valence-corrected chi connectivity index (χ0v) is 15.2. The Morgan fingerprint density at radius 1 is 1.21 bits per heavy atom. The van der Waals surface area contributed by atoms with Crippen molar-refractivity contribution in [2.75, 3.05) is 4.72 Å². The molecule has 0 aliphatic heterocycles. The van der Waals surface area contributed by atoms with E-state index in [-0.39, 0.29) is 4.21 Å². The van der Waals surface area contributed by atoms with Crippen LogP contribution in [0.1, 0.15) is 23.9 Å². The van der Waals surface area contributed by atoms with E-state index in [4.69, 9.17) is 4.42 Å². The van der Waals surface area contributed by atoms with Crippen molar-refractivity contribution in [1.29, 1.82) is 0 Å². The highest BCUT2D eigenvalue weighted by atomic mass is 32.2.